The monoisotopic (exact) mass is 378 g/mol. The van der Waals surface area contributed by atoms with Crippen molar-refractivity contribution in [2.75, 3.05) is 31.2 Å². The maximum atomic E-state index is 13.0. The zero-order valence-corrected chi connectivity index (χ0v) is 15.5. The van der Waals surface area contributed by atoms with Crippen LogP contribution in [0, 0.1) is 23.7 Å². The Balaban J connectivity index is 1.35. The molecule has 1 aromatic rings. The Bertz CT molecular complexity index is 870. The van der Waals surface area contributed by atoms with E-state index in [1.54, 1.807) is 23.1 Å². The van der Waals surface area contributed by atoms with E-state index in [-0.39, 0.29) is 41.4 Å². The first-order valence-electron chi connectivity index (χ1n) is 9.84. The van der Waals surface area contributed by atoms with Crippen LogP contribution in [0.2, 0.25) is 0 Å². The lowest BCUT2D eigenvalue weighted by atomic mass is 9.85. The average Bonchev–Trinajstić information content (AvgIpc) is 3.41. The standard InChI is InChI=1S/C22H22N2O4/c25-18(23-8-10-28-11-9-23)7-4-14-2-1-3-17(12-14)24-21(26)19-15-5-6-16(13-15)20(19)22(24)27/h1-7,12,15-16,19-20H,8-11,13H2/b7-4-/t15-,16-,19-,20-/m0/s1. The second kappa shape index (κ2) is 6.71. The molecule has 4 atom stereocenters. The minimum atomic E-state index is -0.204. The van der Waals surface area contributed by atoms with Gasteiger partial charge in [0.15, 0.2) is 0 Å². The van der Waals surface area contributed by atoms with Crippen LogP contribution in [0.4, 0.5) is 5.69 Å². The van der Waals surface area contributed by atoms with Crippen LogP contribution in [0.1, 0.15) is 12.0 Å². The molecule has 2 heterocycles. The van der Waals surface area contributed by atoms with E-state index in [4.69, 9.17) is 4.74 Å². The lowest BCUT2D eigenvalue weighted by Gasteiger charge is -2.25. The molecule has 144 valence electrons. The number of hydrogen-bond donors (Lipinski definition) is 0. The first-order chi connectivity index (χ1) is 13.6. The molecule has 0 aromatic heterocycles. The first kappa shape index (κ1) is 17.4. The normalized spacial score (nSPS) is 31.3. The third-order valence-corrected chi connectivity index (χ3v) is 6.34. The van der Waals surface area contributed by atoms with E-state index in [9.17, 15) is 14.4 Å². The molecule has 28 heavy (non-hydrogen) atoms. The molecule has 3 fully saturated rings. The van der Waals surface area contributed by atoms with E-state index in [1.807, 2.05) is 12.1 Å². The van der Waals surface area contributed by atoms with Crippen molar-refractivity contribution in [3.63, 3.8) is 0 Å². The molecule has 0 radical (unpaired) electrons. The van der Waals surface area contributed by atoms with Gasteiger partial charge in [0.05, 0.1) is 30.7 Å². The van der Waals surface area contributed by atoms with Gasteiger partial charge in [-0.1, -0.05) is 24.3 Å². The number of rotatable bonds is 3. The maximum Gasteiger partial charge on any atom is 0.246 e. The van der Waals surface area contributed by atoms with Crippen molar-refractivity contribution in [2.45, 2.75) is 6.42 Å². The molecule has 2 aliphatic heterocycles. The second-order valence-corrected chi connectivity index (χ2v) is 7.88. The molecule has 0 spiro atoms. The van der Waals surface area contributed by atoms with Crippen molar-refractivity contribution in [1.29, 1.82) is 0 Å². The van der Waals surface area contributed by atoms with Gasteiger partial charge in [-0.3, -0.25) is 14.4 Å². The van der Waals surface area contributed by atoms with Gasteiger partial charge in [0.1, 0.15) is 0 Å². The Hall–Kier alpha value is -2.73. The third kappa shape index (κ3) is 2.71. The summed E-state index contributed by atoms with van der Waals surface area (Å²) in [6.07, 6.45) is 8.39. The molecule has 6 heteroatoms. The minimum Gasteiger partial charge on any atom is -0.378 e. The summed E-state index contributed by atoms with van der Waals surface area (Å²) >= 11 is 0. The lowest BCUT2D eigenvalue weighted by molar-refractivity contribution is -0.130. The second-order valence-electron chi connectivity index (χ2n) is 7.88. The SMILES string of the molecule is O=C(/C=C\c1cccc(N2C(=O)[C@@H]3[C@@H](C2=O)[C@H]2C=C[C@H]3C2)c1)N1CCOCC1. The number of morpholine rings is 1. The van der Waals surface area contributed by atoms with Gasteiger partial charge in [-0.05, 0) is 42.0 Å². The molecule has 0 N–H and O–H groups in total. The molecule has 3 amide bonds. The number of nitrogens with zero attached hydrogens (tertiary/aromatic N) is 2. The molecule has 6 nitrogen and oxygen atoms in total. The summed E-state index contributed by atoms with van der Waals surface area (Å²) in [5.74, 6) is -0.237. The van der Waals surface area contributed by atoms with Crippen molar-refractivity contribution in [1.82, 2.24) is 4.90 Å². The van der Waals surface area contributed by atoms with Gasteiger partial charge in [-0.2, -0.15) is 0 Å². The quantitative estimate of drug-likeness (QED) is 0.458. The smallest absolute Gasteiger partial charge is 0.246 e. The highest BCUT2D eigenvalue weighted by Crippen LogP contribution is 2.53. The van der Waals surface area contributed by atoms with Crippen LogP contribution in [0.15, 0.2) is 42.5 Å². The highest BCUT2D eigenvalue weighted by Gasteiger charge is 2.59. The van der Waals surface area contributed by atoms with Crippen LogP contribution >= 0.6 is 0 Å². The van der Waals surface area contributed by atoms with Gasteiger partial charge in [0, 0.05) is 19.2 Å². The fraction of sp³-hybridized carbons (Fsp3) is 0.409. The van der Waals surface area contributed by atoms with E-state index in [0.29, 0.717) is 32.0 Å². The molecule has 2 aliphatic carbocycles. The third-order valence-electron chi connectivity index (χ3n) is 6.34. The van der Waals surface area contributed by atoms with Gasteiger partial charge in [0.2, 0.25) is 17.7 Å². The van der Waals surface area contributed by atoms with Crippen molar-refractivity contribution < 1.29 is 19.1 Å². The van der Waals surface area contributed by atoms with Crippen LogP contribution in [-0.4, -0.2) is 48.9 Å². The number of hydrogen-bond acceptors (Lipinski definition) is 4. The van der Waals surface area contributed by atoms with E-state index < -0.39 is 0 Å². The van der Waals surface area contributed by atoms with Crippen LogP contribution in [-0.2, 0) is 19.1 Å². The number of anilines is 1. The van der Waals surface area contributed by atoms with Crippen LogP contribution in [0.5, 0.6) is 0 Å². The van der Waals surface area contributed by atoms with Crippen molar-refractivity contribution in [3.8, 4) is 0 Å². The summed E-state index contributed by atoms with van der Waals surface area (Å²) in [7, 11) is 0. The van der Waals surface area contributed by atoms with Crippen molar-refractivity contribution >= 4 is 29.5 Å². The maximum absolute atomic E-state index is 13.0. The first-order valence-corrected chi connectivity index (χ1v) is 9.84. The number of imide groups is 1. The van der Waals surface area contributed by atoms with Gasteiger partial charge >= 0.3 is 0 Å². The number of carbonyl (C=O) groups excluding carboxylic acids is 3. The fourth-order valence-corrected chi connectivity index (χ4v) is 4.98. The van der Waals surface area contributed by atoms with Crippen LogP contribution in [0.25, 0.3) is 6.08 Å². The van der Waals surface area contributed by atoms with E-state index in [0.717, 1.165) is 12.0 Å². The highest BCUT2D eigenvalue weighted by atomic mass is 16.5. The lowest BCUT2D eigenvalue weighted by Crippen LogP contribution is -2.39. The molecular formula is C22H22N2O4. The predicted molar refractivity (Wildman–Crippen MR) is 103 cm³/mol. The van der Waals surface area contributed by atoms with Gasteiger partial charge < -0.3 is 9.64 Å². The van der Waals surface area contributed by atoms with Gasteiger partial charge in [-0.25, -0.2) is 4.90 Å². The molecule has 2 saturated heterocycles. The average molecular weight is 378 g/mol. The Morgan fingerprint density at radius 3 is 2.39 bits per heavy atom. The zero-order chi connectivity index (χ0) is 19.3. The summed E-state index contributed by atoms with van der Waals surface area (Å²) in [5, 5.41) is 0. The molecule has 0 unspecified atom stereocenters. The van der Waals surface area contributed by atoms with Crippen molar-refractivity contribution in [3.05, 3.63) is 48.1 Å². The Morgan fingerprint density at radius 1 is 1.04 bits per heavy atom. The summed E-state index contributed by atoms with van der Waals surface area (Å²) in [6.45, 7) is 2.32. The number of benzene rings is 1. The number of fused-ring (bicyclic) bond motifs is 5. The number of amides is 3. The van der Waals surface area contributed by atoms with Crippen LogP contribution < -0.4 is 4.90 Å². The van der Waals surface area contributed by atoms with Gasteiger partial charge in [0.25, 0.3) is 0 Å². The van der Waals surface area contributed by atoms with Crippen LogP contribution in [0.3, 0.4) is 0 Å². The molecule has 1 aromatic carbocycles. The summed E-state index contributed by atoms with van der Waals surface area (Å²) in [4.78, 5) is 41.3. The molecule has 1 saturated carbocycles. The highest BCUT2D eigenvalue weighted by molar-refractivity contribution is 6.22. The van der Waals surface area contributed by atoms with Crippen molar-refractivity contribution in [2.24, 2.45) is 23.7 Å². The number of ether oxygens (including phenoxy) is 1. The summed E-state index contributed by atoms with van der Waals surface area (Å²) in [6, 6.07) is 7.27. The molecular weight excluding hydrogens is 356 g/mol. The summed E-state index contributed by atoms with van der Waals surface area (Å²) in [5.41, 5.74) is 1.38. The topological polar surface area (TPSA) is 66.9 Å². The Labute approximate surface area is 163 Å². The molecule has 4 aliphatic rings. The minimum absolute atomic E-state index is 0.0563. The molecule has 2 bridgehead atoms. The fourth-order valence-electron chi connectivity index (χ4n) is 4.98. The number of carbonyl (C=O) groups is 3. The van der Waals surface area contributed by atoms with E-state index in [1.165, 1.54) is 11.0 Å². The summed E-state index contributed by atoms with van der Waals surface area (Å²) < 4.78 is 5.26. The number of allylic oxidation sites excluding steroid dienone is 2. The van der Waals surface area contributed by atoms with Gasteiger partial charge in [-0.15, -0.1) is 0 Å². The Kier molecular flexibility index (Phi) is 4.16. The van der Waals surface area contributed by atoms with E-state index in [2.05, 4.69) is 12.2 Å². The molecule has 5 rings (SSSR count). The Morgan fingerprint density at radius 2 is 1.71 bits per heavy atom. The largest absolute Gasteiger partial charge is 0.378 e. The predicted octanol–water partition coefficient (Wildman–Crippen LogP) is 1.87. The van der Waals surface area contributed by atoms with E-state index >= 15 is 0 Å². The zero-order valence-electron chi connectivity index (χ0n) is 15.5.